The summed E-state index contributed by atoms with van der Waals surface area (Å²) in [5.41, 5.74) is 2.66. The molecule has 0 saturated heterocycles. The van der Waals surface area contributed by atoms with Gasteiger partial charge in [-0.15, -0.1) is 0 Å². The fourth-order valence-corrected chi connectivity index (χ4v) is 9.22. The van der Waals surface area contributed by atoms with Crippen LogP contribution in [0.25, 0.3) is 0 Å². The van der Waals surface area contributed by atoms with Crippen molar-refractivity contribution in [3.05, 3.63) is 0 Å². The van der Waals surface area contributed by atoms with E-state index in [9.17, 15) is 0 Å². The molecular weight excluding hydrogens is 408 g/mol. The molecule has 0 aromatic rings. The van der Waals surface area contributed by atoms with E-state index in [1.165, 1.54) is 102 Å². The second kappa shape index (κ2) is 12.0. The van der Waals surface area contributed by atoms with Crippen LogP contribution in [-0.4, -0.2) is 0 Å². The van der Waals surface area contributed by atoms with Crippen molar-refractivity contribution in [1.29, 1.82) is 0 Å². The summed E-state index contributed by atoms with van der Waals surface area (Å²) in [6.45, 7) is 0. The molecule has 0 aromatic carbocycles. The van der Waals surface area contributed by atoms with Crippen molar-refractivity contribution in [2.45, 2.75) is 186 Å². The Morgan fingerprint density at radius 1 is 0.235 bits per heavy atom. The first kappa shape index (κ1) is 25.6. The monoisotopic (exact) mass is 468 g/mol. The molecule has 0 aromatic heterocycles. The van der Waals surface area contributed by atoms with Gasteiger partial charge in [-0.1, -0.05) is 89.9 Å². The zero-order valence-corrected chi connectivity index (χ0v) is 23.2. The molecule has 0 heterocycles. The Morgan fingerprint density at radius 3 is 0.588 bits per heavy atom. The van der Waals surface area contributed by atoms with Gasteiger partial charge in [-0.2, -0.15) is 0 Å². The average molecular weight is 469 g/mol. The fourth-order valence-electron chi connectivity index (χ4n) is 9.22. The molecule has 196 valence electrons. The summed E-state index contributed by atoms with van der Waals surface area (Å²) in [4.78, 5) is 0. The Morgan fingerprint density at radius 2 is 0.412 bits per heavy atom. The van der Waals surface area contributed by atoms with Crippen molar-refractivity contribution in [2.75, 3.05) is 0 Å². The van der Waals surface area contributed by atoms with Crippen molar-refractivity contribution >= 4 is 0 Å². The summed E-state index contributed by atoms with van der Waals surface area (Å²) in [6, 6.07) is 0. The zero-order chi connectivity index (χ0) is 23.2. The molecule has 0 N–H and O–H groups in total. The largest absolute Gasteiger partial charge is 0.0533 e. The van der Waals surface area contributed by atoms with E-state index < -0.39 is 0 Å². The maximum atomic E-state index is 1.58. The topological polar surface area (TPSA) is 0 Å². The van der Waals surface area contributed by atoms with Crippen LogP contribution in [0.4, 0.5) is 0 Å². The van der Waals surface area contributed by atoms with Gasteiger partial charge in [0.25, 0.3) is 0 Å². The van der Waals surface area contributed by atoms with E-state index in [2.05, 4.69) is 0 Å². The van der Waals surface area contributed by atoms with Gasteiger partial charge in [-0.3, -0.25) is 0 Å². The molecule has 0 radical (unpaired) electrons. The van der Waals surface area contributed by atoms with Crippen molar-refractivity contribution in [1.82, 2.24) is 0 Å². The van der Waals surface area contributed by atoms with Gasteiger partial charge in [0.1, 0.15) is 0 Å². The molecule has 3 spiro atoms. The molecule has 0 unspecified atom stereocenters. The average Bonchev–Trinajstić information content (AvgIpc) is 3.40. The maximum absolute atomic E-state index is 1.58. The number of rotatable bonds is 0. The zero-order valence-electron chi connectivity index (χ0n) is 23.2. The highest BCUT2D eigenvalue weighted by Crippen LogP contribution is 2.56. The Labute approximate surface area is 214 Å². The first-order valence-corrected chi connectivity index (χ1v) is 16.7. The van der Waals surface area contributed by atoms with Crippen LogP contribution >= 0.6 is 0 Å². The third-order valence-corrected chi connectivity index (χ3v) is 12.3. The molecule has 34 heavy (non-hydrogen) atoms. The molecule has 0 nitrogen and oxygen atoms in total. The van der Waals surface area contributed by atoms with Gasteiger partial charge in [0.2, 0.25) is 0 Å². The van der Waals surface area contributed by atoms with Crippen molar-refractivity contribution in [3.63, 3.8) is 0 Å². The van der Waals surface area contributed by atoms with Crippen LogP contribution in [0.15, 0.2) is 0 Å². The predicted octanol–water partition coefficient (Wildman–Crippen LogP) is 11.6. The molecule has 2 bridgehead atoms. The van der Waals surface area contributed by atoms with E-state index in [0.717, 1.165) is 16.2 Å². The van der Waals surface area contributed by atoms with E-state index in [-0.39, 0.29) is 0 Å². The van der Waals surface area contributed by atoms with Crippen LogP contribution in [0.2, 0.25) is 0 Å². The lowest BCUT2D eigenvalue weighted by Crippen LogP contribution is -2.38. The van der Waals surface area contributed by atoms with Gasteiger partial charge in [0, 0.05) is 0 Å². The second-order valence-electron chi connectivity index (χ2n) is 14.9. The lowest BCUT2D eigenvalue weighted by atomic mass is 9.56. The summed E-state index contributed by atoms with van der Waals surface area (Å²) in [6.07, 6.45) is 44.8. The highest BCUT2D eigenvalue weighted by Gasteiger charge is 2.42. The lowest BCUT2D eigenvalue weighted by Gasteiger charge is -2.49. The summed E-state index contributed by atoms with van der Waals surface area (Å²) in [7, 11) is 0. The quantitative estimate of drug-likeness (QED) is 0.331. The van der Waals surface area contributed by atoms with Gasteiger partial charge in [-0.25, -0.2) is 0 Å². The van der Waals surface area contributed by atoms with E-state index >= 15 is 0 Å². The summed E-state index contributed by atoms with van der Waals surface area (Å²) in [5.74, 6) is 2.42. The molecule has 9 fully saturated rings. The van der Waals surface area contributed by atoms with Crippen LogP contribution in [0.3, 0.4) is 0 Å². The van der Waals surface area contributed by atoms with Gasteiger partial charge < -0.3 is 0 Å². The molecule has 0 atom stereocenters. The predicted molar refractivity (Wildman–Crippen MR) is 148 cm³/mol. The molecule has 0 heteroatoms. The molecule has 0 amide bonds. The Balaban J connectivity index is 0.0000000971. The molecule has 9 rings (SSSR count). The lowest BCUT2D eigenvalue weighted by molar-refractivity contribution is 0.0198. The highest BCUT2D eigenvalue weighted by atomic mass is 14.5. The molecular formula is C34H60. The third kappa shape index (κ3) is 7.06. The first-order chi connectivity index (χ1) is 16.7. The first-order valence-electron chi connectivity index (χ1n) is 16.7. The summed E-state index contributed by atoms with van der Waals surface area (Å²) < 4.78 is 0. The smallest absolute Gasteiger partial charge is 0.0297 e. The SMILES string of the molecule is C1C2CC1C2.C1CCC2(CC1)CC2.C1CCC2(CC1)CCCC2.C1CCC2(CC1)CCCCC2. The molecule has 9 saturated carbocycles. The fraction of sp³-hybridized carbons (Fsp3) is 1.00. The maximum Gasteiger partial charge on any atom is -0.0297 e. The van der Waals surface area contributed by atoms with E-state index in [0.29, 0.717) is 0 Å². The molecule has 9 aliphatic carbocycles. The third-order valence-electron chi connectivity index (χ3n) is 12.3. The Bertz CT molecular complexity index is 523. The van der Waals surface area contributed by atoms with E-state index in [1.54, 1.807) is 96.3 Å². The van der Waals surface area contributed by atoms with Gasteiger partial charge in [0.15, 0.2) is 0 Å². The van der Waals surface area contributed by atoms with Crippen LogP contribution in [0, 0.1) is 28.1 Å². The minimum atomic E-state index is 0.858. The van der Waals surface area contributed by atoms with Crippen molar-refractivity contribution in [3.8, 4) is 0 Å². The van der Waals surface area contributed by atoms with Gasteiger partial charge >= 0.3 is 0 Å². The minimum absolute atomic E-state index is 0.858. The standard InChI is InChI=1S/C11H20.C10H18.C8H14.C5H8/c1-3-7-11(8-4-1)9-5-2-6-10-11;1-2-6-10(7-3-1)8-4-5-9-10;1-2-4-8(5-3-1)6-7-8;1-4-2-5(1)3-4/h1-10H2;1-9H2;1-7H2;4-5H,1-3H2. The number of hydrogen-bond donors (Lipinski definition) is 0. The van der Waals surface area contributed by atoms with Crippen LogP contribution in [0.5, 0.6) is 0 Å². The highest BCUT2D eigenvalue weighted by molar-refractivity contribution is 4.94. The summed E-state index contributed by atoms with van der Waals surface area (Å²) in [5, 5.41) is 0. The minimum Gasteiger partial charge on any atom is -0.0533 e. The van der Waals surface area contributed by atoms with Crippen molar-refractivity contribution in [2.24, 2.45) is 28.1 Å². The molecule has 9 aliphatic rings. The second-order valence-corrected chi connectivity index (χ2v) is 14.9. The number of hydrogen-bond acceptors (Lipinski definition) is 0. The van der Waals surface area contributed by atoms with Gasteiger partial charge in [-0.05, 0) is 124 Å². The van der Waals surface area contributed by atoms with Crippen molar-refractivity contribution < 1.29 is 0 Å². The normalized spacial score (nSPS) is 35.3. The molecule has 0 aliphatic heterocycles. The van der Waals surface area contributed by atoms with E-state index in [4.69, 9.17) is 0 Å². The van der Waals surface area contributed by atoms with Crippen LogP contribution < -0.4 is 0 Å². The Hall–Kier alpha value is 0. The van der Waals surface area contributed by atoms with E-state index in [1.807, 2.05) is 0 Å². The van der Waals surface area contributed by atoms with Gasteiger partial charge in [0.05, 0.1) is 0 Å². The van der Waals surface area contributed by atoms with Crippen LogP contribution in [0.1, 0.15) is 186 Å². The summed E-state index contributed by atoms with van der Waals surface area (Å²) >= 11 is 0. The Kier molecular flexibility index (Phi) is 9.07. The van der Waals surface area contributed by atoms with Crippen LogP contribution in [-0.2, 0) is 0 Å².